The van der Waals surface area contributed by atoms with Gasteiger partial charge in [0.1, 0.15) is 11.2 Å². The monoisotopic (exact) mass is 268 g/mol. The van der Waals surface area contributed by atoms with Crippen molar-refractivity contribution in [1.82, 2.24) is 14.5 Å². The van der Waals surface area contributed by atoms with E-state index < -0.39 is 0 Å². The highest BCUT2D eigenvalue weighted by molar-refractivity contribution is 6.31. The van der Waals surface area contributed by atoms with Gasteiger partial charge in [0.2, 0.25) is 0 Å². The van der Waals surface area contributed by atoms with Gasteiger partial charge in [-0.25, -0.2) is 9.97 Å². The molecule has 0 bridgehead atoms. The van der Waals surface area contributed by atoms with Crippen molar-refractivity contribution < 1.29 is 0 Å². The molecule has 0 spiro atoms. The van der Waals surface area contributed by atoms with Gasteiger partial charge in [-0.05, 0) is 23.8 Å². The summed E-state index contributed by atoms with van der Waals surface area (Å²) in [5.41, 5.74) is 4.00. The minimum Gasteiger partial charge on any atom is -0.334 e. The molecule has 0 radical (unpaired) electrons. The lowest BCUT2D eigenvalue weighted by Gasteiger charge is -2.05. The van der Waals surface area contributed by atoms with Crippen molar-refractivity contribution in [3.05, 3.63) is 47.5 Å². The summed E-state index contributed by atoms with van der Waals surface area (Å²) in [4.78, 5) is 8.24. The number of rotatable bonds is 1. The predicted molar refractivity (Wildman–Crippen MR) is 73.7 cm³/mol. The van der Waals surface area contributed by atoms with Crippen molar-refractivity contribution in [3.8, 4) is 17.2 Å². The summed E-state index contributed by atoms with van der Waals surface area (Å²) in [7, 11) is 1.94. The van der Waals surface area contributed by atoms with Gasteiger partial charge >= 0.3 is 0 Å². The highest BCUT2D eigenvalue weighted by atomic mass is 35.5. The molecule has 0 N–H and O–H groups in total. The Labute approximate surface area is 114 Å². The number of nitriles is 1. The summed E-state index contributed by atoms with van der Waals surface area (Å²) in [6, 6.07) is 9.76. The van der Waals surface area contributed by atoms with Crippen molar-refractivity contribution in [2.45, 2.75) is 0 Å². The SMILES string of the molecule is Cn1cnc2cc(-c3ccnc(Cl)c3C#N)ccc21. The van der Waals surface area contributed by atoms with Gasteiger partial charge in [-0.3, -0.25) is 0 Å². The number of benzene rings is 1. The van der Waals surface area contributed by atoms with Crippen LogP contribution in [-0.2, 0) is 7.05 Å². The van der Waals surface area contributed by atoms with Crippen molar-refractivity contribution in [3.63, 3.8) is 0 Å². The topological polar surface area (TPSA) is 54.5 Å². The zero-order valence-corrected chi connectivity index (χ0v) is 10.9. The molecular formula is C14H9ClN4. The normalized spacial score (nSPS) is 10.6. The lowest BCUT2D eigenvalue weighted by Crippen LogP contribution is -1.89. The molecule has 0 aliphatic carbocycles. The van der Waals surface area contributed by atoms with Crippen LogP contribution >= 0.6 is 11.6 Å². The maximum atomic E-state index is 9.18. The van der Waals surface area contributed by atoms with Crippen LogP contribution in [0.2, 0.25) is 5.15 Å². The molecule has 4 nitrogen and oxygen atoms in total. The van der Waals surface area contributed by atoms with E-state index in [0.717, 1.165) is 22.2 Å². The Morgan fingerprint density at radius 2 is 2.11 bits per heavy atom. The maximum absolute atomic E-state index is 9.18. The molecule has 0 unspecified atom stereocenters. The Bertz CT molecular complexity index is 814. The summed E-state index contributed by atoms with van der Waals surface area (Å²) in [5.74, 6) is 0. The molecule has 0 aliphatic rings. The molecule has 19 heavy (non-hydrogen) atoms. The summed E-state index contributed by atoms with van der Waals surface area (Å²) in [5, 5.41) is 9.41. The van der Waals surface area contributed by atoms with Crippen LogP contribution in [0.3, 0.4) is 0 Å². The van der Waals surface area contributed by atoms with Crippen molar-refractivity contribution in [2.75, 3.05) is 0 Å². The molecule has 1 aromatic carbocycles. The molecule has 0 saturated heterocycles. The summed E-state index contributed by atoms with van der Waals surface area (Å²) in [6.07, 6.45) is 3.36. The van der Waals surface area contributed by atoms with Gasteiger partial charge in [-0.2, -0.15) is 5.26 Å². The summed E-state index contributed by atoms with van der Waals surface area (Å²) < 4.78 is 1.95. The lowest BCUT2D eigenvalue weighted by atomic mass is 10.0. The number of hydrogen-bond donors (Lipinski definition) is 0. The number of aryl methyl sites for hydroxylation is 1. The first-order valence-electron chi connectivity index (χ1n) is 5.67. The Morgan fingerprint density at radius 1 is 1.26 bits per heavy atom. The molecular weight excluding hydrogens is 260 g/mol. The van der Waals surface area contributed by atoms with Crippen LogP contribution < -0.4 is 0 Å². The molecule has 5 heteroatoms. The number of hydrogen-bond acceptors (Lipinski definition) is 3. The zero-order valence-electron chi connectivity index (χ0n) is 10.1. The molecule has 0 atom stereocenters. The Morgan fingerprint density at radius 3 is 2.89 bits per heavy atom. The first kappa shape index (κ1) is 11.7. The molecule has 0 saturated carbocycles. The molecule has 0 fully saturated rings. The van der Waals surface area contributed by atoms with E-state index in [9.17, 15) is 5.26 Å². The highest BCUT2D eigenvalue weighted by Crippen LogP contribution is 2.29. The van der Waals surface area contributed by atoms with Crippen LogP contribution in [-0.4, -0.2) is 14.5 Å². The fourth-order valence-corrected chi connectivity index (χ4v) is 2.29. The van der Waals surface area contributed by atoms with Crippen LogP contribution in [0.15, 0.2) is 36.8 Å². The van der Waals surface area contributed by atoms with Gasteiger partial charge in [0, 0.05) is 18.8 Å². The average Bonchev–Trinajstić information content (AvgIpc) is 2.79. The van der Waals surface area contributed by atoms with Crippen molar-refractivity contribution in [2.24, 2.45) is 7.05 Å². The summed E-state index contributed by atoms with van der Waals surface area (Å²) in [6.45, 7) is 0. The van der Waals surface area contributed by atoms with Gasteiger partial charge in [-0.15, -0.1) is 0 Å². The van der Waals surface area contributed by atoms with E-state index in [2.05, 4.69) is 16.0 Å². The largest absolute Gasteiger partial charge is 0.334 e. The first-order valence-corrected chi connectivity index (χ1v) is 6.04. The maximum Gasteiger partial charge on any atom is 0.147 e. The molecule has 3 aromatic rings. The van der Waals surface area contributed by atoms with E-state index in [1.807, 2.05) is 29.8 Å². The van der Waals surface area contributed by atoms with Crippen LogP contribution in [0.25, 0.3) is 22.2 Å². The fraction of sp³-hybridized carbons (Fsp3) is 0.0714. The van der Waals surface area contributed by atoms with Crippen molar-refractivity contribution >= 4 is 22.6 Å². The molecule has 0 amide bonds. The quantitative estimate of drug-likeness (QED) is 0.637. The smallest absolute Gasteiger partial charge is 0.147 e. The summed E-state index contributed by atoms with van der Waals surface area (Å²) >= 11 is 5.95. The Balaban J connectivity index is 2.25. The molecule has 2 aromatic heterocycles. The van der Waals surface area contributed by atoms with Crippen LogP contribution in [0, 0.1) is 11.3 Å². The number of fused-ring (bicyclic) bond motifs is 1. The number of pyridine rings is 1. The second-order valence-corrected chi connectivity index (χ2v) is 4.55. The van der Waals surface area contributed by atoms with Crippen LogP contribution in [0.1, 0.15) is 5.56 Å². The van der Waals surface area contributed by atoms with Crippen LogP contribution in [0.5, 0.6) is 0 Å². The average molecular weight is 269 g/mol. The third kappa shape index (κ3) is 1.85. The zero-order chi connectivity index (χ0) is 13.4. The molecule has 3 rings (SSSR count). The van der Waals surface area contributed by atoms with Gasteiger partial charge in [0.25, 0.3) is 0 Å². The van der Waals surface area contributed by atoms with Crippen LogP contribution in [0.4, 0.5) is 0 Å². The predicted octanol–water partition coefficient (Wildman–Crippen LogP) is 3.16. The lowest BCUT2D eigenvalue weighted by molar-refractivity contribution is 0.948. The Hall–Kier alpha value is -2.38. The number of nitrogens with zero attached hydrogens (tertiary/aromatic N) is 4. The minimum atomic E-state index is 0.223. The van der Waals surface area contributed by atoms with E-state index in [1.165, 1.54) is 0 Å². The van der Waals surface area contributed by atoms with E-state index in [1.54, 1.807) is 18.6 Å². The third-order valence-corrected chi connectivity index (χ3v) is 3.34. The number of halogens is 1. The first-order chi connectivity index (χ1) is 9.20. The van der Waals surface area contributed by atoms with E-state index in [-0.39, 0.29) is 5.15 Å². The third-order valence-electron chi connectivity index (χ3n) is 3.05. The fourth-order valence-electron chi connectivity index (χ4n) is 2.09. The highest BCUT2D eigenvalue weighted by Gasteiger charge is 2.11. The van der Waals surface area contributed by atoms with E-state index in [4.69, 9.17) is 11.6 Å². The molecule has 92 valence electrons. The second-order valence-electron chi connectivity index (χ2n) is 4.20. The van der Waals surface area contributed by atoms with Gasteiger partial charge in [0.15, 0.2) is 0 Å². The van der Waals surface area contributed by atoms with Gasteiger partial charge < -0.3 is 4.57 Å². The van der Waals surface area contributed by atoms with Gasteiger partial charge in [0.05, 0.1) is 22.9 Å². The van der Waals surface area contributed by atoms with Crippen molar-refractivity contribution in [1.29, 1.82) is 5.26 Å². The van der Waals surface area contributed by atoms with E-state index in [0.29, 0.717) is 5.56 Å². The number of aromatic nitrogens is 3. The molecule has 2 heterocycles. The standard InChI is InChI=1S/C14H9ClN4/c1-19-8-18-12-6-9(2-3-13(12)19)10-4-5-17-14(15)11(10)7-16/h2-6,8H,1H3. The Kier molecular flexibility index (Phi) is 2.69. The van der Waals surface area contributed by atoms with Gasteiger partial charge in [-0.1, -0.05) is 17.7 Å². The van der Waals surface area contributed by atoms with E-state index >= 15 is 0 Å². The minimum absolute atomic E-state index is 0.223. The number of imidazole rings is 1. The second kappa shape index (κ2) is 4.38. The molecule has 0 aliphatic heterocycles.